The summed E-state index contributed by atoms with van der Waals surface area (Å²) in [6.45, 7) is 1.97. The molecule has 0 saturated heterocycles. The summed E-state index contributed by atoms with van der Waals surface area (Å²) in [5.74, 6) is -0.0951. The highest BCUT2D eigenvalue weighted by molar-refractivity contribution is 5.81. The standard InChI is InChI=1S/C18H22N2O/c1-14(16-10-6-3-7-11-16)20-18(21)17(19)13-12-15-8-4-2-5-9-15/h2-11,14,17H,12-13,19H2,1H3,(H,20,21)/t14-,17?/m0/s1. The van der Waals surface area contributed by atoms with Crippen LogP contribution in [0.4, 0.5) is 0 Å². The van der Waals surface area contributed by atoms with Crippen molar-refractivity contribution in [3.8, 4) is 0 Å². The van der Waals surface area contributed by atoms with Crippen molar-refractivity contribution in [2.45, 2.75) is 31.8 Å². The zero-order valence-electron chi connectivity index (χ0n) is 12.3. The molecule has 2 atom stereocenters. The fraction of sp³-hybridized carbons (Fsp3) is 0.278. The highest BCUT2D eigenvalue weighted by atomic mass is 16.2. The van der Waals surface area contributed by atoms with Crippen molar-refractivity contribution in [1.29, 1.82) is 0 Å². The maximum atomic E-state index is 12.1. The normalized spacial score (nSPS) is 13.4. The van der Waals surface area contributed by atoms with Gasteiger partial charge in [0, 0.05) is 0 Å². The number of carbonyl (C=O) groups excluding carboxylic acids is 1. The number of nitrogens with one attached hydrogen (secondary N) is 1. The van der Waals surface area contributed by atoms with Crippen molar-refractivity contribution in [2.24, 2.45) is 5.73 Å². The molecule has 2 aromatic rings. The second-order valence-electron chi connectivity index (χ2n) is 5.27. The minimum atomic E-state index is -0.476. The Morgan fingerprint density at radius 3 is 2.24 bits per heavy atom. The van der Waals surface area contributed by atoms with Gasteiger partial charge in [0.05, 0.1) is 12.1 Å². The van der Waals surface area contributed by atoms with E-state index in [0.29, 0.717) is 6.42 Å². The maximum Gasteiger partial charge on any atom is 0.237 e. The topological polar surface area (TPSA) is 55.1 Å². The summed E-state index contributed by atoms with van der Waals surface area (Å²) in [6, 6.07) is 19.5. The van der Waals surface area contributed by atoms with Gasteiger partial charge in [0.25, 0.3) is 0 Å². The lowest BCUT2D eigenvalue weighted by atomic mass is 10.0. The Bertz CT molecular complexity index is 554. The van der Waals surface area contributed by atoms with Crippen molar-refractivity contribution in [3.63, 3.8) is 0 Å². The number of benzene rings is 2. The Morgan fingerprint density at radius 2 is 1.62 bits per heavy atom. The van der Waals surface area contributed by atoms with Gasteiger partial charge in [0.1, 0.15) is 0 Å². The van der Waals surface area contributed by atoms with Gasteiger partial charge >= 0.3 is 0 Å². The lowest BCUT2D eigenvalue weighted by Crippen LogP contribution is -2.41. The molecule has 2 rings (SSSR count). The first-order valence-electron chi connectivity index (χ1n) is 7.31. The molecule has 0 aliphatic rings. The molecular formula is C18H22N2O. The van der Waals surface area contributed by atoms with Crippen LogP contribution in [-0.2, 0) is 11.2 Å². The van der Waals surface area contributed by atoms with E-state index in [2.05, 4.69) is 17.4 Å². The molecule has 3 N–H and O–H groups in total. The number of nitrogens with two attached hydrogens (primary N) is 1. The molecule has 3 nitrogen and oxygen atoms in total. The van der Waals surface area contributed by atoms with E-state index in [1.54, 1.807) is 0 Å². The SMILES string of the molecule is C[C@H](NC(=O)C(N)CCc1ccccc1)c1ccccc1. The van der Waals surface area contributed by atoms with Crippen molar-refractivity contribution in [3.05, 3.63) is 71.8 Å². The van der Waals surface area contributed by atoms with Gasteiger partial charge in [-0.25, -0.2) is 0 Å². The molecule has 0 aromatic heterocycles. The van der Waals surface area contributed by atoms with Crippen LogP contribution >= 0.6 is 0 Å². The molecule has 0 spiro atoms. The van der Waals surface area contributed by atoms with Crippen LogP contribution < -0.4 is 11.1 Å². The van der Waals surface area contributed by atoms with Crippen LogP contribution in [0.2, 0.25) is 0 Å². The Labute approximate surface area is 126 Å². The molecule has 0 aliphatic carbocycles. The van der Waals surface area contributed by atoms with Gasteiger partial charge in [-0.05, 0) is 30.9 Å². The van der Waals surface area contributed by atoms with Crippen LogP contribution in [0.15, 0.2) is 60.7 Å². The first kappa shape index (κ1) is 15.3. The average Bonchev–Trinajstić information content (AvgIpc) is 2.54. The van der Waals surface area contributed by atoms with Crippen LogP contribution in [-0.4, -0.2) is 11.9 Å². The van der Waals surface area contributed by atoms with E-state index in [1.165, 1.54) is 5.56 Å². The molecule has 0 fully saturated rings. The third kappa shape index (κ3) is 4.72. The first-order valence-corrected chi connectivity index (χ1v) is 7.31. The van der Waals surface area contributed by atoms with Gasteiger partial charge in [-0.2, -0.15) is 0 Å². The van der Waals surface area contributed by atoms with E-state index in [-0.39, 0.29) is 11.9 Å². The molecule has 1 unspecified atom stereocenters. The monoisotopic (exact) mass is 282 g/mol. The molecule has 1 amide bonds. The summed E-state index contributed by atoms with van der Waals surface area (Å²) in [5, 5.41) is 2.97. The van der Waals surface area contributed by atoms with Crippen molar-refractivity contribution in [2.75, 3.05) is 0 Å². The molecule has 21 heavy (non-hydrogen) atoms. The van der Waals surface area contributed by atoms with Gasteiger partial charge in [-0.3, -0.25) is 4.79 Å². The number of hydrogen-bond acceptors (Lipinski definition) is 2. The van der Waals surface area contributed by atoms with Crippen LogP contribution in [0.25, 0.3) is 0 Å². The van der Waals surface area contributed by atoms with Gasteiger partial charge in [0.2, 0.25) is 5.91 Å². The predicted molar refractivity (Wildman–Crippen MR) is 85.7 cm³/mol. The smallest absolute Gasteiger partial charge is 0.237 e. The van der Waals surface area contributed by atoms with Crippen molar-refractivity contribution < 1.29 is 4.79 Å². The van der Waals surface area contributed by atoms with Crippen molar-refractivity contribution in [1.82, 2.24) is 5.32 Å². The summed E-state index contributed by atoms with van der Waals surface area (Å²) >= 11 is 0. The van der Waals surface area contributed by atoms with Crippen LogP contribution in [0.1, 0.15) is 30.5 Å². The molecular weight excluding hydrogens is 260 g/mol. The Hall–Kier alpha value is -2.13. The summed E-state index contributed by atoms with van der Waals surface area (Å²) in [4.78, 5) is 12.1. The average molecular weight is 282 g/mol. The second-order valence-corrected chi connectivity index (χ2v) is 5.27. The van der Waals surface area contributed by atoms with Crippen LogP contribution in [0, 0.1) is 0 Å². The molecule has 0 saturated carbocycles. The van der Waals surface area contributed by atoms with Crippen LogP contribution in [0.5, 0.6) is 0 Å². The molecule has 110 valence electrons. The second kappa shape index (κ2) is 7.60. The quantitative estimate of drug-likeness (QED) is 0.856. The minimum Gasteiger partial charge on any atom is -0.348 e. The van der Waals surface area contributed by atoms with E-state index in [4.69, 9.17) is 5.73 Å². The number of carbonyl (C=O) groups is 1. The maximum absolute atomic E-state index is 12.1. The number of amides is 1. The number of rotatable bonds is 6. The third-order valence-corrected chi connectivity index (χ3v) is 3.58. The molecule has 0 radical (unpaired) electrons. The van der Waals surface area contributed by atoms with Gasteiger partial charge in [-0.15, -0.1) is 0 Å². The number of aryl methyl sites for hydroxylation is 1. The molecule has 0 aliphatic heterocycles. The highest BCUT2D eigenvalue weighted by Gasteiger charge is 2.16. The Morgan fingerprint density at radius 1 is 1.05 bits per heavy atom. The van der Waals surface area contributed by atoms with Crippen molar-refractivity contribution >= 4 is 5.91 Å². The molecule has 3 heteroatoms. The summed E-state index contributed by atoms with van der Waals surface area (Å²) < 4.78 is 0. The zero-order valence-corrected chi connectivity index (χ0v) is 12.3. The number of hydrogen-bond donors (Lipinski definition) is 2. The Balaban J connectivity index is 1.82. The summed E-state index contributed by atoms with van der Waals surface area (Å²) in [6.07, 6.45) is 1.46. The third-order valence-electron chi connectivity index (χ3n) is 3.58. The van der Waals surface area contributed by atoms with E-state index in [9.17, 15) is 4.79 Å². The highest BCUT2D eigenvalue weighted by Crippen LogP contribution is 2.11. The summed E-state index contributed by atoms with van der Waals surface area (Å²) in [7, 11) is 0. The summed E-state index contributed by atoms with van der Waals surface area (Å²) in [5.41, 5.74) is 8.27. The zero-order chi connectivity index (χ0) is 15.1. The van der Waals surface area contributed by atoms with Gasteiger partial charge in [-0.1, -0.05) is 60.7 Å². The van der Waals surface area contributed by atoms with E-state index >= 15 is 0 Å². The first-order chi connectivity index (χ1) is 10.2. The van der Waals surface area contributed by atoms with E-state index < -0.39 is 6.04 Å². The largest absolute Gasteiger partial charge is 0.348 e. The fourth-order valence-corrected chi connectivity index (χ4v) is 2.24. The minimum absolute atomic E-state index is 0.0264. The van der Waals surface area contributed by atoms with Gasteiger partial charge in [0.15, 0.2) is 0 Å². The lowest BCUT2D eigenvalue weighted by molar-refractivity contribution is -0.123. The molecule has 0 bridgehead atoms. The Kier molecular flexibility index (Phi) is 5.52. The molecule has 2 aromatic carbocycles. The van der Waals surface area contributed by atoms with Crippen LogP contribution in [0.3, 0.4) is 0 Å². The molecule has 0 heterocycles. The predicted octanol–water partition coefficient (Wildman–Crippen LogP) is 2.82. The lowest BCUT2D eigenvalue weighted by Gasteiger charge is -2.18. The van der Waals surface area contributed by atoms with Gasteiger partial charge < -0.3 is 11.1 Å². The van der Waals surface area contributed by atoms with E-state index in [1.807, 2.05) is 55.5 Å². The fourth-order valence-electron chi connectivity index (χ4n) is 2.24. The van der Waals surface area contributed by atoms with E-state index in [0.717, 1.165) is 12.0 Å².